The van der Waals surface area contributed by atoms with Gasteiger partial charge in [-0.25, -0.2) is 0 Å². The highest BCUT2D eigenvalue weighted by atomic mass is 32.1. The molecule has 19 heavy (non-hydrogen) atoms. The number of unbranched alkanes of at least 4 members (excludes halogenated alkanes) is 1. The quantitative estimate of drug-likeness (QED) is 0.747. The maximum Gasteiger partial charge on any atom is 0.270 e. The van der Waals surface area contributed by atoms with Gasteiger partial charge in [0.15, 0.2) is 0 Å². The molecule has 6 heteroatoms. The molecule has 2 heterocycles. The molecule has 0 spiro atoms. The minimum atomic E-state index is 0.735. The van der Waals surface area contributed by atoms with E-state index >= 15 is 0 Å². The van der Waals surface area contributed by atoms with Gasteiger partial charge >= 0.3 is 0 Å². The Hall–Kier alpha value is -0.880. The number of piperazine rings is 1. The summed E-state index contributed by atoms with van der Waals surface area (Å²) in [7, 11) is 0. The van der Waals surface area contributed by atoms with Gasteiger partial charge in [0.2, 0.25) is 5.82 Å². The minimum absolute atomic E-state index is 0.735. The van der Waals surface area contributed by atoms with Gasteiger partial charge in [0, 0.05) is 32.2 Å². The number of anilines is 1. The van der Waals surface area contributed by atoms with Crippen molar-refractivity contribution in [2.24, 2.45) is 0 Å². The third-order valence-electron chi connectivity index (χ3n) is 3.86. The minimum Gasteiger partial charge on any atom is -0.474 e. The molecule has 3 rings (SSSR count). The van der Waals surface area contributed by atoms with Crippen molar-refractivity contribution in [2.75, 3.05) is 37.7 Å². The molecule has 2 fully saturated rings. The zero-order chi connectivity index (χ0) is 13.1. The highest BCUT2D eigenvalue weighted by Gasteiger charge is 2.32. The van der Waals surface area contributed by atoms with Crippen LogP contribution in [0.5, 0.6) is 5.88 Å². The lowest BCUT2D eigenvalue weighted by atomic mass is 10.3. The number of aromatic nitrogens is 2. The van der Waals surface area contributed by atoms with Gasteiger partial charge in [-0.15, -0.1) is 4.37 Å². The topological polar surface area (TPSA) is 41.5 Å². The van der Waals surface area contributed by atoms with Gasteiger partial charge in [0.1, 0.15) is 0 Å². The second-order valence-electron chi connectivity index (χ2n) is 5.35. The molecule has 106 valence electrons. The van der Waals surface area contributed by atoms with E-state index in [4.69, 9.17) is 4.74 Å². The van der Waals surface area contributed by atoms with Crippen LogP contribution < -0.4 is 9.64 Å². The average molecular weight is 282 g/mol. The van der Waals surface area contributed by atoms with Crippen molar-refractivity contribution in [3.8, 4) is 5.88 Å². The van der Waals surface area contributed by atoms with E-state index in [0.29, 0.717) is 0 Å². The lowest BCUT2D eigenvalue weighted by Crippen LogP contribution is -2.47. The summed E-state index contributed by atoms with van der Waals surface area (Å²) in [5.41, 5.74) is 0. The van der Waals surface area contributed by atoms with Gasteiger partial charge in [0.25, 0.3) is 5.88 Å². The van der Waals surface area contributed by atoms with Gasteiger partial charge in [-0.3, -0.25) is 4.90 Å². The average Bonchev–Trinajstić information content (AvgIpc) is 3.19. The predicted octanol–water partition coefficient (Wildman–Crippen LogP) is 2.00. The molecule has 1 aromatic heterocycles. The summed E-state index contributed by atoms with van der Waals surface area (Å²) in [6.07, 6.45) is 5.01. The fourth-order valence-corrected chi connectivity index (χ4v) is 3.03. The summed E-state index contributed by atoms with van der Waals surface area (Å²) in [6, 6.07) is 0.871. The van der Waals surface area contributed by atoms with E-state index in [1.807, 2.05) is 0 Å². The molecule has 1 aromatic rings. The van der Waals surface area contributed by atoms with E-state index in [9.17, 15) is 0 Å². The second-order valence-corrected chi connectivity index (χ2v) is 5.88. The Morgan fingerprint density at radius 2 is 2.00 bits per heavy atom. The Kier molecular flexibility index (Phi) is 4.18. The monoisotopic (exact) mass is 282 g/mol. The van der Waals surface area contributed by atoms with Gasteiger partial charge in [-0.2, -0.15) is 4.37 Å². The smallest absolute Gasteiger partial charge is 0.270 e. The van der Waals surface area contributed by atoms with Crippen molar-refractivity contribution in [1.82, 2.24) is 13.6 Å². The first-order valence-corrected chi connectivity index (χ1v) is 8.06. The van der Waals surface area contributed by atoms with Crippen LogP contribution in [0.1, 0.15) is 32.6 Å². The first-order chi connectivity index (χ1) is 9.38. The van der Waals surface area contributed by atoms with Crippen LogP contribution in [0.2, 0.25) is 0 Å². The summed E-state index contributed by atoms with van der Waals surface area (Å²) in [6.45, 7) is 7.31. The van der Waals surface area contributed by atoms with E-state index in [1.54, 1.807) is 0 Å². The number of nitrogens with zero attached hydrogens (tertiary/aromatic N) is 4. The van der Waals surface area contributed by atoms with Crippen molar-refractivity contribution in [2.45, 2.75) is 38.6 Å². The van der Waals surface area contributed by atoms with Crippen LogP contribution >= 0.6 is 11.7 Å². The van der Waals surface area contributed by atoms with Crippen LogP contribution in [0.25, 0.3) is 0 Å². The van der Waals surface area contributed by atoms with E-state index in [2.05, 4.69) is 25.5 Å². The SMILES string of the molecule is CCCCOc1nsnc1N1CCN(C2CC2)CC1. The van der Waals surface area contributed by atoms with Gasteiger partial charge in [-0.05, 0) is 19.3 Å². The predicted molar refractivity (Wildman–Crippen MR) is 77.1 cm³/mol. The Morgan fingerprint density at radius 1 is 1.21 bits per heavy atom. The van der Waals surface area contributed by atoms with Crippen LogP contribution in [0, 0.1) is 0 Å². The normalized spacial score (nSPS) is 20.8. The van der Waals surface area contributed by atoms with Crippen molar-refractivity contribution in [3.05, 3.63) is 0 Å². The molecule has 0 aromatic carbocycles. The van der Waals surface area contributed by atoms with Gasteiger partial charge in [-0.1, -0.05) is 13.3 Å². The zero-order valence-corrected chi connectivity index (χ0v) is 12.4. The van der Waals surface area contributed by atoms with Crippen LogP contribution in [-0.2, 0) is 0 Å². The fourth-order valence-electron chi connectivity index (χ4n) is 2.51. The molecular formula is C13H22N4OS. The molecule has 0 radical (unpaired) electrons. The Balaban J connectivity index is 1.55. The summed E-state index contributed by atoms with van der Waals surface area (Å²) in [5.74, 6) is 1.69. The maximum absolute atomic E-state index is 5.74. The summed E-state index contributed by atoms with van der Waals surface area (Å²) >= 11 is 1.26. The molecule has 0 unspecified atom stereocenters. The van der Waals surface area contributed by atoms with Crippen LogP contribution in [0.15, 0.2) is 0 Å². The van der Waals surface area contributed by atoms with E-state index < -0.39 is 0 Å². The van der Waals surface area contributed by atoms with E-state index in [-0.39, 0.29) is 0 Å². The molecule has 0 atom stereocenters. The van der Waals surface area contributed by atoms with Crippen molar-refractivity contribution in [3.63, 3.8) is 0 Å². The molecular weight excluding hydrogens is 260 g/mol. The van der Waals surface area contributed by atoms with Gasteiger partial charge < -0.3 is 9.64 Å². The number of hydrogen-bond donors (Lipinski definition) is 0. The van der Waals surface area contributed by atoms with Crippen LogP contribution in [0.4, 0.5) is 5.82 Å². The Labute approximate surface area is 118 Å². The number of rotatable bonds is 6. The molecule has 1 saturated carbocycles. The van der Waals surface area contributed by atoms with Crippen molar-refractivity contribution >= 4 is 17.5 Å². The molecule has 0 N–H and O–H groups in total. The molecule has 1 aliphatic carbocycles. The third-order valence-corrected chi connectivity index (χ3v) is 4.36. The van der Waals surface area contributed by atoms with Crippen molar-refractivity contribution < 1.29 is 4.74 Å². The maximum atomic E-state index is 5.74. The molecule has 1 aliphatic heterocycles. The van der Waals surface area contributed by atoms with Crippen LogP contribution in [-0.4, -0.2) is 52.5 Å². The highest BCUT2D eigenvalue weighted by Crippen LogP contribution is 2.30. The standard InChI is InChI=1S/C13H22N4OS/c1-2-3-10-18-13-12(14-19-15-13)17-8-6-16(7-9-17)11-4-5-11/h11H,2-10H2,1H3. The zero-order valence-electron chi connectivity index (χ0n) is 11.5. The molecule has 5 nitrogen and oxygen atoms in total. The lowest BCUT2D eigenvalue weighted by Gasteiger charge is -2.34. The van der Waals surface area contributed by atoms with Crippen molar-refractivity contribution in [1.29, 1.82) is 0 Å². The Bertz CT molecular complexity index is 399. The fraction of sp³-hybridized carbons (Fsp3) is 0.846. The summed E-state index contributed by atoms with van der Waals surface area (Å²) < 4.78 is 14.4. The summed E-state index contributed by atoms with van der Waals surface area (Å²) in [5, 5.41) is 0. The summed E-state index contributed by atoms with van der Waals surface area (Å²) in [4.78, 5) is 4.93. The molecule has 2 aliphatic rings. The van der Waals surface area contributed by atoms with Gasteiger partial charge in [0.05, 0.1) is 18.3 Å². The molecule has 1 saturated heterocycles. The second kappa shape index (κ2) is 6.05. The van der Waals surface area contributed by atoms with Crippen LogP contribution in [0.3, 0.4) is 0 Å². The first kappa shape index (κ1) is 13.1. The Morgan fingerprint density at radius 3 is 2.68 bits per heavy atom. The first-order valence-electron chi connectivity index (χ1n) is 7.33. The lowest BCUT2D eigenvalue weighted by molar-refractivity contribution is 0.245. The molecule has 0 bridgehead atoms. The van der Waals surface area contributed by atoms with E-state index in [0.717, 1.165) is 63.4 Å². The highest BCUT2D eigenvalue weighted by molar-refractivity contribution is 6.99. The number of ether oxygens (including phenoxy) is 1. The third kappa shape index (κ3) is 3.17. The largest absolute Gasteiger partial charge is 0.474 e. The molecule has 0 amide bonds. The van der Waals surface area contributed by atoms with E-state index in [1.165, 1.54) is 24.6 Å². The number of hydrogen-bond acceptors (Lipinski definition) is 6.